The first-order valence-corrected chi connectivity index (χ1v) is 6.06. The van der Waals surface area contributed by atoms with Crippen molar-refractivity contribution in [2.75, 3.05) is 6.61 Å². The van der Waals surface area contributed by atoms with Crippen molar-refractivity contribution in [2.45, 2.75) is 24.6 Å². The number of halogens is 2. The summed E-state index contributed by atoms with van der Waals surface area (Å²) in [6, 6.07) is 1.35. The van der Waals surface area contributed by atoms with Crippen LogP contribution in [0.4, 0.5) is 8.78 Å². The number of nitrogens with two attached hydrogens (primary N) is 1. The Labute approximate surface area is 105 Å². The maximum Gasteiger partial charge on any atom is 0.300 e. The molecule has 98 valence electrons. The van der Waals surface area contributed by atoms with E-state index in [0.717, 1.165) is 12.6 Å². The lowest BCUT2D eigenvalue weighted by molar-refractivity contribution is 0.0795. The fourth-order valence-electron chi connectivity index (χ4n) is 2.08. The molecule has 2 atom stereocenters. The Bertz CT molecular complexity index is 471. The Morgan fingerprint density at radius 2 is 2.33 bits per heavy atom. The number of pyridine rings is 1. The highest BCUT2D eigenvalue weighted by molar-refractivity contribution is 7.17. The topological polar surface area (TPSA) is 65.2 Å². The smallest absolute Gasteiger partial charge is 0.300 e. The molecule has 1 aromatic rings. The van der Waals surface area contributed by atoms with Gasteiger partial charge in [0.05, 0.1) is 6.10 Å². The van der Waals surface area contributed by atoms with Gasteiger partial charge >= 0.3 is 5.66 Å². The number of primary amides is 1. The number of rotatable bonds is 3. The van der Waals surface area contributed by atoms with E-state index in [-0.39, 0.29) is 11.1 Å². The normalized spacial score (nSPS) is 20.1. The molecule has 0 radical (unpaired) electrons. The second-order valence-electron chi connectivity index (χ2n) is 4.11. The van der Waals surface area contributed by atoms with E-state index in [1.165, 1.54) is 15.3 Å². The Balaban J connectivity index is 2.59. The van der Waals surface area contributed by atoms with Crippen LogP contribution in [0.25, 0.3) is 0 Å². The van der Waals surface area contributed by atoms with Crippen molar-refractivity contribution in [1.82, 2.24) is 4.98 Å². The molecule has 2 heterocycles. The van der Waals surface area contributed by atoms with Crippen LogP contribution in [0.5, 0.6) is 0 Å². The largest absolute Gasteiger partial charge is 0.373 e. The van der Waals surface area contributed by atoms with Gasteiger partial charge in [0.15, 0.2) is 0 Å². The first kappa shape index (κ1) is 13.3. The summed E-state index contributed by atoms with van der Waals surface area (Å²) in [4.78, 5) is 15.0. The van der Waals surface area contributed by atoms with Gasteiger partial charge in [0.1, 0.15) is 5.69 Å². The van der Waals surface area contributed by atoms with E-state index in [0.29, 0.717) is 13.0 Å². The molecule has 2 rings (SSSR count). The number of aromatic nitrogens is 1. The standard InChI is InChI=1S/C11H13F2N2O2P/c12-11(13,18)9-8(7-2-1-5-17-7)6(10(14)16)3-4-15-9/h3-4,7H,1-2,5,18H2,(H2,14,16). The molecule has 1 aliphatic rings. The van der Waals surface area contributed by atoms with E-state index in [1.54, 1.807) is 0 Å². The lowest BCUT2D eigenvalue weighted by Crippen LogP contribution is -2.21. The van der Waals surface area contributed by atoms with Gasteiger partial charge in [-0.3, -0.25) is 9.78 Å². The third kappa shape index (κ3) is 2.49. The Morgan fingerprint density at radius 3 is 2.83 bits per heavy atom. The second kappa shape index (κ2) is 4.86. The zero-order valence-corrected chi connectivity index (χ0v) is 10.7. The SMILES string of the molecule is NC(=O)c1ccnc(C(F)(F)P)c1C1CCCO1. The molecule has 0 aromatic carbocycles. The summed E-state index contributed by atoms with van der Waals surface area (Å²) < 4.78 is 32.4. The van der Waals surface area contributed by atoms with E-state index in [2.05, 4.69) is 4.98 Å². The highest BCUT2D eigenvalue weighted by Crippen LogP contribution is 2.41. The van der Waals surface area contributed by atoms with Crippen LogP contribution in [0, 0.1) is 0 Å². The van der Waals surface area contributed by atoms with Crippen molar-refractivity contribution < 1.29 is 18.3 Å². The van der Waals surface area contributed by atoms with Crippen LogP contribution < -0.4 is 5.73 Å². The van der Waals surface area contributed by atoms with Crippen LogP contribution in [0.3, 0.4) is 0 Å². The van der Waals surface area contributed by atoms with Crippen molar-refractivity contribution in [3.63, 3.8) is 0 Å². The van der Waals surface area contributed by atoms with Gasteiger partial charge in [-0.2, -0.15) is 8.78 Å². The average Bonchev–Trinajstić information content (AvgIpc) is 2.79. The Kier molecular flexibility index (Phi) is 3.59. The minimum Gasteiger partial charge on any atom is -0.373 e. The maximum absolute atomic E-state index is 13.5. The minimum atomic E-state index is -3.22. The number of amides is 1. The molecule has 0 aliphatic carbocycles. The van der Waals surface area contributed by atoms with Crippen LogP contribution in [-0.2, 0) is 10.4 Å². The van der Waals surface area contributed by atoms with Crippen molar-refractivity contribution in [1.29, 1.82) is 0 Å². The fraction of sp³-hybridized carbons (Fsp3) is 0.455. The maximum atomic E-state index is 13.5. The molecule has 1 aliphatic heterocycles. The van der Waals surface area contributed by atoms with Crippen LogP contribution in [-0.4, -0.2) is 17.5 Å². The number of ether oxygens (including phenoxy) is 1. The lowest BCUT2D eigenvalue weighted by Gasteiger charge is -2.20. The number of hydrogen-bond donors (Lipinski definition) is 1. The van der Waals surface area contributed by atoms with Crippen LogP contribution in [0.1, 0.15) is 40.6 Å². The molecule has 1 amide bonds. The highest BCUT2D eigenvalue weighted by Gasteiger charge is 2.36. The molecule has 1 aromatic heterocycles. The van der Waals surface area contributed by atoms with Crippen LogP contribution in [0.2, 0.25) is 0 Å². The first-order valence-electron chi connectivity index (χ1n) is 5.48. The molecule has 4 nitrogen and oxygen atoms in total. The monoisotopic (exact) mass is 274 g/mol. The minimum absolute atomic E-state index is 0.0500. The quantitative estimate of drug-likeness (QED) is 0.857. The fourth-order valence-corrected chi connectivity index (χ4v) is 2.31. The molecular weight excluding hydrogens is 261 g/mol. The molecule has 0 saturated carbocycles. The molecule has 7 heteroatoms. The number of nitrogens with zero attached hydrogens (tertiary/aromatic N) is 1. The highest BCUT2D eigenvalue weighted by atomic mass is 31.0. The Hall–Kier alpha value is -1.13. The summed E-state index contributed by atoms with van der Waals surface area (Å²) in [5, 5.41) is 0. The summed E-state index contributed by atoms with van der Waals surface area (Å²) in [5.41, 5.74) is 1.71. The van der Waals surface area contributed by atoms with E-state index < -0.39 is 23.4 Å². The molecule has 1 fully saturated rings. The van der Waals surface area contributed by atoms with Gasteiger partial charge in [0, 0.05) is 23.9 Å². The summed E-state index contributed by atoms with van der Waals surface area (Å²) in [5.74, 6) is -0.751. The predicted molar refractivity (Wildman–Crippen MR) is 64.3 cm³/mol. The summed E-state index contributed by atoms with van der Waals surface area (Å²) in [7, 11) is 1.42. The second-order valence-corrected chi connectivity index (χ2v) is 4.83. The Morgan fingerprint density at radius 1 is 1.61 bits per heavy atom. The van der Waals surface area contributed by atoms with Crippen LogP contribution >= 0.6 is 9.24 Å². The zero-order valence-electron chi connectivity index (χ0n) is 9.53. The van der Waals surface area contributed by atoms with E-state index in [1.807, 2.05) is 0 Å². The average molecular weight is 274 g/mol. The van der Waals surface area contributed by atoms with Gasteiger partial charge in [-0.05, 0) is 18.9 Å². The number of alkyl halides is 2. The van der Waals surface area contributed by atoms with Crippen molar-refractivity contribution in [3.8, 4) is 0 Å². The molecule has 0 spiro atoms. The van der Waals surface area contributed by atoms with Gasteiger partial charge in [-0.25, -0.2) is 0 Å². The number of hydrogen-bond acceptors (Lipinski definition) is 3. The molecule has 2 N–H and O–H groups in total. The molecule has 2 unspecified atom stereocenters. The zero-order chi connectivity index (χ0) is 13.3. The van der Waals surface area contributed by atoms with Crippen molar-refractivity contribution in [2.24, 2.45) is 5.73 Å². The van der Waals surface area contributed by atoms with Gasteiger partial charge in [0.2, 0.25) is 5.91 Å². The summed E-state index contributed by atoms with van der Waals surface area (Å²) >= 11 is 0. The van der Waals surface area contributed by atoms with Crippen LogP contribution in [0.15, 0.2) is 12.3 Å². The van der Waals surface area contributed by atoms with Gasteiger partial charge in [-0.15, -0.1) is 0 Å². The summed E-state index contributed by atoms with van der Waals surface area (Å²) in [6.45, 7) is 0.486. The van der Waals surface area contributed by atoms with Gasteiger partial charge < -0.3 is 10.5 Å². The molecular formula is C11H13F2N2O2P. The van der Waals surface area contributed by atoms with E-state index in [9.17, 15) is 13.6 Å². The van der Waals surface area contributed by atoms with Crippen molar-refractivity contribution in [3.05, 3.63) is 29.1 Å². The summed E-state index contributed by atoms with van der Waals surface area (Å²) in [6.07, 6.45) is 1.97. The molecule has 1 saturated heterocycles. The lowest BCUT2D eigenvalue weighted by atomic mass is 9.98. The van der Waals surface area contributed by atoms with Gasteiger partial charge in [0.25, 0.3) is 0 Å². The predicted octanol–water partition coefficient (Wildman–Crippen LogP) is 1.96. The third-order valence-electron chi connectivity index (χ3n) is 2.82. The van der Waals surface area contributed by atoms with E-state index >= 15 is 0 Å². The number of carbonyl (C=O) groups is 1. The first-order chi connectivity index (χ1) is 8.41. The molecule has 18 heavy (non-hydrogen) atoms. The number of carbonyl (C=O) groups excluding carboxylic acids is 1. The van der Waals surface area contributed by atoms with Gasteiger partial charge in [-0.1, -0.05) is 9.24 Å². The molecule has 0 bridgehead atoms. The van der Waals surface area contributed by atoms with Crippen molar-refractivity contribution >= 4 is 15.1 Å². The third-order valence-corrected chi connectivity index (χ3v) is 3.10. The van der Waals surface area contributed by atoms with E-state index in [4.69, 9.17) is 10.5 Å².